The Hall–Kier alpha value is -8.12. The molecule has 0 saturated carbocycles. The minimum absolute atomic E-state index is 0.00626. The van der Waals surface area contributed by atoms with Gasteiger partial charge in [0.05, 0.1) is 16.8 Å². The molecule has 0 spiro atoms. The van der Waals surface area contributed by atoms with Gasteiger partial charge in [0.25, 0.3) is 0 Å². The third-order valence-electron chi connectivity index (χ3n) is 17.2. The molecule has 0 aliphatic carbocycles. The van der Waals surface area contributed by atoms with Crippen LogP contribution in [-0.2, 0) is 21.7 Å². The molecule has 0 saturated heterocycles. The van der Waals surface area contributed by atoms with Crippen molar-refractivity contribution >= 4 is 94.8 Å². The van der Waals surface area contributed by atoms with E-state index in [9.17, 15) is 0 Å². The minimum Gasteiger partial charge on any atom is -0.376 e. The third kappa shape index (κ3) is 7.23. The van der Waals surface area contributed by atoms with Crippen molar-refractivity contribution < 1.29 is 0 Å². The maximum Gasteiger partial charge on any atom is 0.333 e. The molecular weight excluding hydrogens is 962 g/mol. The lowest BCUT2D eigenvalue weighted by Gasteiger charge is -2.52. The van der Waals surface area contributed by atoms with E-state index >= 15 is 0 Å². The largest absolute Gasteiger partial charge is 0.376 e. The van der Waals surface area contributed by atoms with Gasteiger partial charge in [-0.2, -0.15) is 0 Å². The molecule has 78 heavy (non-hydrogen) atoms. The molecule has 0 unspecified atom stereocenters. The summed E-state index contributed by atoms with van der Waals surface area (Å²) in [6.07, 6.45) is 0. The van der Waals surface area contributed by atoms with Gasteiger partial charge < -0.3 is 14.6 Å². The highest BCUT2D eigenvalue weighted by Gasteiger charge is 2.53. The van der Waals surface area contributed by atoms with E-state index in [2.05, 4.69) is 301 Å². The SMILES string of the molecule is CC(C)(C)c1ccc(N2B3c4cccc5c4N(c4ccccc4C5(c4ccccc4)c4ccccc4)c4c3c(cc3sc5ccccc5c43)-c3cc(N(c4ccc(C(C)(C)C)cc4)c4ccc(C(C)(C)C)cc4)ccc32)cc1. The number of para-hydroxylation sites is 2. The van der Waals surface area contributed by atoms with Gasteiger partial charge in [0.2, 0.25) is 0 Å². The summed E-state index contributed by atoms with van der Waals surface area (Å²) in [7, 11) is 0. The number of benzene rings is 10. The average molecular weight is 1030 g/mol. The van der Waals surface area contributed by atoms with E-state index in [1.165, 1.54) is 110 Å². The first-order valence-electron chi connectivity index (χ1n) is 27.8. The second-order valence-electron chi connectivity index (χ2n) is 24.9. The molecule has 5 heteroatoms. The Balaban J connectivity index is 1.10. The Morgan fingerprint density at radius 1 is 0.423 bits per heavy atom. The maximum absolute atomic E-state index is 2.70. The number of rotatable bonds is 6. The van der Waals surface area contributed by atoms with Gasteiger partial charge in [0, 0.05) is 59.9 Å². The number of nitrogens with zero attached hydrogens (tertiary/aromatic N) is 3. The summed E-state index contributed by atoms with van der Waals surface area (Å²) in [6.45, 7) is 20.5. The quantitative estimate of drug-likeness (QED) is 0.154. The summed E-state index contributed by atoms with van der Waals surface area (Å²) < 4.78 is 2.58. The van der Waals surface area contributed by atoms with Crippen LogP contribution in [0.15, 0.2) is 224 Å². The van der Waals surface area contributed by atoms with Gasteiger partial charge in [-0.05, 0) is 144 Å². The number of hydrogen-bond donors (Lipinski definition) is 0. The Morgan fingerprint density at radius 3 is 1.55 bits per heavy atom. The topological polar surface area (TPSA) is 9.72 Å². The van der Waals surface area contributed by atoms with Crippen molar-refractivity contribution in [2.24, 2.45) is 0 Å². The third-order valence-corrected chi connectivity index (χ3v) is 18.3. The normalized spacial score (nSPS) is 14.2. The molecular formula is C73H64BN3S. The first-order chi connectivity index (χ1) is 37.6. The highest BCUT2D eigenvalue weighted by Crippen LogP contribution is 2.61. The van der Waals surface area contributed by atoms with Gasteiger partial charge in [0.15, 0.2) is 0 Å². The summed E-state index contributed by atoms with van der Waals surface area (Å²) in [5.41, 5.74) is 23.0. The van der Waals surface area contributed by atoms with Crippen molar-refractivity contribution in [2.75, 3.05) is 14.6 Å². The highest BCUT2D eigenvalue weighted by atomic mass is 32.1. The van der Waals surface area contributed by atoms with Crippen LogP contribution in [0.4, 0.5) is 45.5 Å². The van der Waals surface area contributed by atoms with Crippen LogP contribution in [-0.4, -0.2) is 6.85 Å². The van der Waals surface area contributed by atoms with Crippen molar-refractivity contribution in [3.63, 3.8) is 0 Å². The number of hydrogen-bond acceptors (Lipinski definition) is 4. The summed E-state index contributed by atoms with van der Waals surface area (Å²) in [5.74, 6) is 0. The summed E-state index contributed by atoms with van der Waals surface area (Å²) in [6, 6.07) is 86.0. The van der Waals surface area contributed by atoms with Gasteiger partial charge in [0.1, 0.15) is 0 Å². The van der Waals surface area contributed by atoms with Crippen LogP contribution < -0.4 is 25.5 Å². The molecule has 0 amide bonds. The highest BCUT2D eigenvalue weighted by molar-refractivity contribution is 7.26. The second kappa shape index (κ2) is 17.4. The monoisotopic (exact) mass is 1030 g/mol. The number of thiophene rings is 1. The molecule has 0 radical (unpaired) electrons. The van der Waals surface area contributed by atoms with E-state index in [1.54, 1.807) is 0 Å². The molecule has 1 aromatic heterocycles. The predicted octanol–water partition coefficient (Wildman–Crippen LogP) is 18.8. The van der Waals surface area contributed by atoms with Crippen molar-refractivity contribution in [1.29, 1.82) is 0 Å². The molecule has 3 aliphatic rings. The van der Waals surface area contributed by atoms with Gasteiger partial charge in [-0.3, -0.25) is 0 Å². The Morgan fingerprint density at radius 2 is 0.949 bits per heavy atom. The molecule has 11 aromatic rings. The first kappa shape index (κ1) is 48.3. The van der Waals surface area contributed by atoms with Crippen LogP contribution in [0.1, 0.15) is 101 Å². The van der Waals surface area contributed by atoms with Gasteiger partial charge in [-0.15, -0.1) is 11.3 Å². The standard InChI is InChI=1S/C73H64BN3S/c1-70(2,3)47-31-37-52(38-32-47)75(53-39-33-48(34-40-53)71(4,5)6)55-43-44-62-57(45-55)58-46-65-66(56-25-16-19-30-64(56)78-65)69-67(58)74(77(62)54-41-35-49(36-42-54)72(7,8)9)61-28-20-27-60-68(61)76(69)63-29-18-17-26-59(63)73(60,50-21-12-10-13-22-50)51-23-14-11-15-24-51/h10-46H,1-9H3. The van der Waals surface area contributed by atoms with Gasteiger partial charge in [-0.25, -0.2) is 0 Å². The van der Waals surface area contributed by atoms with Crippen molar-refractivity contribution in [3.05, 3.63) is 263 Å². The van der Waals surface area contributed by atoms with Crippen molar-refractivity contribution in [2.45, 2.75) is 84.0 Å². The van der Waals surface area contributed by atoms with Crippen LogP contribution in [0.3, 0.4) is 0 Å². The van der Waals surface area contributed by atoms with E-state index < -0.39 is 5.41 Å². The smallest absolute Gasteiger partial charge is 0.333 e. The summed E-state index contributed by atoms with van der Waals surface area (Å²) >= 11 is 1.92. The van der Waals surface area contributed by atoms with E-state index in [-0.39, 0.29) is 23.1 Å². The fourth-order valence-electron chi connectivity index (χ4n) is 13.3. The van der Waals surface area contributed by atoms with Crippen LogP contribution in [0.5, 0.6) is 0 Å². The van der Waals surface area contributed by atoms with Crippen LogP contribution >= 0.6 is 11.3 Å². The number of fused-ring (bicyclic) bond motifs is 10. The lowest BCUT2D eigenvalue weighted by Crippen LogP contribution is -2.62. The van der Waals surface area contributed by atoms with E-state index in [0.29, 0.717) is 0 Å². The molecule has 0 atom stereocenters. The first-order valence-corrected chi connectivity index (χ1v) is 28.6. The number of anilines is 8. The van der Waals surface area contributed by atoms with E-state index in [4.69, 9.17) is 0 Å². The molecule has 10 aromatic carbocycles. The average Bonchev–Trinajstić information content (AvgIpc) is 3.90. The molecule has 3 aliphatic heterocycles. The zero-order chi connectivity index (χ0) is 53.5. The molecule has 3 nitrogen and oxygen atoms in total. The summed E-state index contributed by atoms with van der Waals surface area (Å²) in [5, 5.41) is 2.60. The van der Waals surface area contributed by atoms with Crippen LogP contribution in [0.25, 0.3) is 31.3 Å². The molecule has 0 fully saturated rings. The molecule has 0 N–H and O–H groups in total. The fraction of sp³-hybridized carbons (Fsp3) is 0.178. The van der Waals surface area contributed by atoms with Gasteiger partial charge in [-0.1, -0.05) is 214 Å². The molecule has 14 rings (SSSR count). The summed E-state index contributed by atoms with van der Waals surface area (Å²) in [4.78, 5) is 7.86. The second-order valence-corrected chi connectivity index (χ2v) is 26.0. The minimum atomic E-state index is -0.619. The fourth-order valence-corrected chi connectivity index (χ4v) is 14.5. The van der Waals surface area contributed by atoms with Crippen molar-refractivity contribution in [1.82, 2.24) is 0 Å². The van der Waals surface area contributed by atoms with Gasteiger partial charge >= 0.3 is 6.85 Å². The van der Waals surface area contributed by atoms with Crippen molar-refractivity contribution in [3.8, 4) is 11.1 Å². The Labute approximate surface area is 465 Å². The molecule has 0 bridgehead atoms. The lowest BCUT2D eigenvalue weighted by molar-refractivity contribution is 0.590. The maximum atomic E-state index is 2.70. The zero-order valence-corrected chi connectivity index (χ0v) is 47.0. The van der Waals surface area contributed by atoms with E-state index in [1.807, 2.05) is 11.3 Å². The van der Waals surface area contributed by atoms with Crippen LogP contribution in [0.2, 0.25) is 0 Å². The zero-order valence-electron chi connectivity index (χ0n) is 46.2. The Bertz CT molecular complexity index is 4040. The molecule has 380 valence electrons. The lowest BCUT2D eigenvalue weighted by atomic mass is 9.42. The Kier molecular flexibility index (Phi) is 10.8. The van der Waals surface area contributed by atoms with Crippen LogP contribution in [0, 0.1) is 0 Å². The molecule has 4 heterocycles. The van der Waals surface area contributed by atoms with E-state index in [0.717, 1.165) is 17.1 Å². The predicted molar refractivity (Wildman–Crippen MR) is 336 cm³/mol.